The molecule has 1 atom stereocenters. The molecule has 0 aliphatic rings. The molecular formula is C14H17N3OS. The minimum atomic E-state index is -0.322. The molecule has 4 nitrogen and oxygen atoms in total. The van der Waals surface area contributed by atoms with Crippen LogP contribution in [0, 0.1) is 0 Å². The monoisotopic (exact) mass is 275 g/mol. The number of benzene rings is 1. The summed E-state index contributed by atoms with van der Waals surface area (Å²) >= 11 is 1.40. The van der Waals surface area contributed by atoms with Crippen molar-refractivity contribution in [3.63, 3.8) is 0 Å². The Morgan fingerprint density at radius 3 is 2.68 bits per heavy atom. The number of aromatic nitrogens is 2. The highest BCUT2D eigenvalue weighted by Crippen LogP contribution is 2.28. The Kier molecular flexibility index (Phi) is 4.27. The van der Waals surface area contributed by atoms with Crippen LogP contribution in [-0.2, 0) is 11.3 Å². The highest BCUT2D eigenvalue weighted by atomic mass is 32.2. The number of primary amides is 1. The topological polar surface area (TPSA) is 60.9 Å². The van der Waals surface area contributed by atoms with Crippen LogP contribution in [0.3, 0.4) is 0 Å². The third kappa shape index (κ3) is 2.98. The molecule has 100 valence electrons. The second-order valence-corrected chi connectivity index (χ2v) is 5.51. The predicted molar refractivity (Wildman–Crippen MR) is 77.9 cm³/mol. The van der Waals surface area contributed by atoms with E-state index in [0.717, 1.165) is 23.0 Å². The average Bonchev–Trinajstić information content (AvgIpc) is 2.82. The lowest BCUT2D eigenvalue weighted by Crippen LogP contribution is -2.23. The van der Waals surface area contributed by atoms with Gasteiger partial charge in [0, 0.05) is 6.54 Å². The van der Waals surface area contributed by atoms with E-state index in [-0.39, 0.29) is 11.2 Å². The minimum Gasteiger partial charge on any atom is -0.369 e. The molecule has 0 aliphatic heterocycles. The zero-order chi connectivity index (χ0) is 13.8. The molecular weight excluding hydrogens is 258 g/mol. The summed E-state index contributed by atoms with van der Waals surface area (Å²) < 4.78 is 2.10. The van der Waals surface area contributed by atoms with E-state index >= 15 is 0 Å². The number of hydrogen-bond acceptors (Lipinski definition) is 3. The molecule has 19 heavy (non-hydrogen) atoms. The molecule has 0 fully saturated rings. The third-order valence-electron chi connectivity index (χ3n) is 2.89. The Hall–Kier alpha value is -1.75. The van der Waals surface area contributed by atoms with Crippen LogP contribution in [0.25, 0.3) is 11.3 Å². The predicted octanol–water partition coefficient (Wildman–Crippen LogP) is 2.54. The number of nitrogens with two attached hydrogens (primary N) is 1. The van der Waals surface area contributed by atoms with E-state index in [4.69, 9.17) is 5.73 Å². The molecule has 1 aromatic carbocycles. The van der Waals surface area contributed by atoms with Gasteiger partial charge < -0.3 is 10.3 Å². The maximum atomic E-state index is 11.1. The van der Waals surface area contributed by atoms with Crippen LogP contribution in [0.1, 0.15) is 13.8 Å². The summed E-state index contributed by atoms with van der Waals surface area (Å²) in [5, 5.41) is 0.545. The second kappa shape index (κ2) is 5.93. The summed E-state index contributed by atoms with van der Waals surface area (Å²) in [6, 6.07) is 10.1. The average molecular weight is 275 g/mol. The van der Waals surface area contributed by atoms with Gasteiger partial charge in [-0.3, -0.25) is 4.79 Å². The number of nitrogens with zero attached hydrogens (tertiary/aromatic N) is 2. The van der Waals surface area contributed by atoms with Gasteiger partial charge in [-0.2, -0.15) is 0 Å². The van der Waals surface area contributed by atoms with Crippen LogP contribution in [-0.4, -0.2) is 20.7 Å². The van der Waals surface area contributed by atoms with Crippen LogP contribution < -0.4 is 5.73 Å². The molecule has 0 saturated carbocycles. The summed E-state index contributed by atoms with van der Waals surface area (Å²) in [6.07, 6.45) is 1.84. The lowest BCUT2D eigenvalue weighted by molar-refractivity contribution is -0.117. The standard InChI is InChI=1S/C14H17N3OS/c1-3-17-12(11-7-5-4-6-8-11)9-16-14(17)19-10(2)13(15)18/h4-10H,3H2,1-2H3,(H2,15,18)/t10-/m1/s1. The van der Waals surface area contributed by atoms with Crippen molar-refractivity contribution >= 4 is 17.7 Å². The Bertz CT molecular complexity index is 565. The van der Waals surface area contributed by atoms with E-state index in [0.29, 0.717) is 0 Å². The Morgan fingerprint density at radius 2 is 2.11 bits per heavy atom. The first-order valence-electron chi connectivity index (χ1n) is 6.20. The van der Waals surface area contributed by atoms with Crippen molar-refractivity contribution in [2.45, 2.75) is 30.8 Å². The summed E-state index contributed by atoms with van der Waals surface area (Å²) in [7, 11) is 0. The quantitative estimate of drug-likeness (QED) is 0.853. The van der Waals surface area contributed by atoms with Crippen molar-refractivity contribution in [2.24, 2.45) is 5.73 Å². The van der Waals surface area contributed by atoms with Crippen molar-refractivity contribution in [1.82, 2.24) is 9.55 Å². The fourth-order valence-electron chi connectivity index (χ4n) is 1.81. The maximum absolute atomic E-state index is 11.1. The summed E-state index contributed by atoms with van der Waals surface area (Å²) in [5.74, 6) is -0.322. The van der Waals surface area contributed by atoms with Crippen molar-refractivity contribution in [3.05, 3.63) is 36.5 Å². The fourth-order valence-corrected chi connectivity index (χ4v) is 2.71. The van der Waals surface area contributed by atoms with Gasteiger partial charge in [0.2, 0.25) is 5.91 Å². The van der Waals surface area contributed by atoms with E-state index < -0.39 is 0 Å². The van der Waals surface area contributed by atoms with Gasteiger partial charge in [0.1, 0.15) is 0 Å². The molecule has 1 amide bonds. The summed E-state index contributed by atoms with van der Waals surface area (Å²) in [5.41, 5.74) is 7.47. The third-order valence-corrected chi connectivity index (χ3v) is 4.01. The number of hydrogen-bond donors (Lipinski definition) is 1. The van der Waals surface area contributed by atoms with Crippen LogP contribution >= 0.6 is 11.8 Å². The molecule has 0 aliphatic carbocycles. The normalized spacial score (nSPS) is 12.3. The molecule has 0 spiro atoms. The van der Waals surface area contributed by atoms with E-state index in [1.165, 1.54) is 11.8 Å². The van der Waals surface area contributed by atoms with Gasteiger partial charge in [0.15, 0.2) is 5.16 Å². The first-order valence-corrected chi connectivity index (χ1v) is 7.08. The van der Waals surface area contributed by atoms with Crippen molar-refractivity contribution in [3.8, 4) is 11.3 Å². The zero-order valence-corrected chi connectivity index (χ0v) is 11.9. The van der Waals surface area contributed by atoms with Gasteiger partial charge in [-0.05, 0) is 19.4 Å². The van der Waals surface area contributed by atoms with Crippen LogP contribution in [0.5, 0.6) is 0 Å². The van der Waals surface area contributed by atoms with Gasteiger partial charge in [-0.25, -0.2) is 4.98 Å². The maximum Gasteiger partial charge on any atom is 0.230 e. The highest BCUT2D eigenvalue weighted by Gasteiger charge is 2.16. The Labute approximate surface area is 117 Å². The Balaban J connectivity index is 2.33. The smallest absolute Gasteiger partial charge is 0.230 e. The molecule has 5 heteroatoms. The van der Waals surface area contributed by atoms with Crippen LogP contribution in [0.4, 0.5) is 0 Å². The molecule has 0 radical (unpaired) electrons. The summed E-state index contributed by atoms with van der Waals surface area (Å²) in [6.45, 7) is 4.66. The summed E-state index contributed by atoms with van der Waals surface area (Å²) in [4.78, 5) is 15.5. The van der Waals surface area contributed by atoms with Gasteiger partial charge in [-0.15, -0.1) is 0 Å². The largest absolute Gasteiger partial charge is 0.369 e. The first-order chi connectivity index (χ1) is 9.13. The van der Waals surface area contributed by atoms with Crippen LogP contribution in [0.15, 0.2) is 41.7 Å². The Morgan fingerprint density at radius 1 is 1.42 bits per heavy atom. The number of amides is 1. The lowest BCUT2D eigenvalue weighted by atomic mass is 10.2. The van der Waals surface area contributed by atoms with Crippen molar-refractivity contribution in [1.29, 1.82) is 0 Å². The van der Waals surface area contributed by atoms with E-state index in [2.05, 4.69) is 28.6 Å². The number of imidazole rings is 1. The molecule has 2 aromatic rings. The molecule has 2 rings (SSSR count). The molecule has 1 aromatic heterocycles. The van der Waals surface area contributed by atoms with Crippen molar-refractivity contribution < 1.29 is 4.79 Å². The van der Waals surface area contributed by atoms with Gasteiger partial charge in [-0.1, -0.05) is 42.1 Å². The first kappa shape index (κ1) is 13.7. The second-order valence-electron chi connectivity index (χ2n) is 4.20. The lowest BCUT2D eigenvalue weighted by Gasteiger charge is -2.11. The van der Waals surface area contributed by atoms with Gasteiger partial charge >= 0.3 is 0 Å². The van der Waals surface area contributed by atoms with Gasteiger partial charge in [0.25, 0.3) is 0 Å². The SMILES string of the molecule is CCn1c(-c2ccccc2)cnc1S[C@H](C)C(N)=O. The molecule has 0 unspecified atom stereocenters. The number of carbonyl (C=O) groups is 1. The molecule has 2 N–H and O–H groups in total. The molecule has 0 bridgehead atoms. The van der Waals surface area contributed by atoms with E-state index in [9.17, 15) is 4.79 Å². The number of carbonyl (C=O) groups excluding carboxylic acids is 1. The minimum absolute atomic E-state index is 0.281. The van der Waals surface area contributed by atoms with Gasteiger partial charge in [0.05, 0.1) is 17.1 Å². The zero-order valence-electron chi connectivity index (χ0n) is 11.0. The number of thioether (sulfide) groups is 1. The number of rotatable bonds is 5. The van der Waals surface area contributed by atoms with Crippen LogP contribution in [0.2, 0.25) is 0 Å². The van der Waals surface area contributed by atoms with E-state index in [1.807, 2.05) is 24.4 Å². The van der Waals surface area contributed by atoms with Crippen molar-refractivity contribution in [2.75, 3.05) is 0 Å². The van der Waals surface area contributed by atoms with E-state index in [1.54, 1.807) is 6.92 Å². The highest BCUT2D eigenvalue weighted by molar-refractivity contribution is 8.00. The molecule has 0 saturated heterocycles. The fraction of sp³-hybridized carbons (Fsp3) is 0.286. The molecule has 1 heterocycles.